The molecule has 0 saturated carbocycles. The quantitative estimate of drug-likeness (QED) is 0.632. The molecule has 3 nitrogen and oxygen atoms in total. The van der Waals surface area contributed by atoms with Crippen LogP contribution in [-0.4, -0.2) is 19.3 Å². The summed E-state index contributed by atoms with van der Waals surface area (Å²) in [6, 6.07) is 16.6. The molecule has 0 unspecified atom stereocenters. The van der Waals surface area contributed by atoms with Crippen LogP contribution in [0.3, 0.4) is 0 Å². The van der Waals surface area contributed by atoms with E-state index in [0.717, 1.165) is 24.3 Å². The molecule has 0 fully saturated rings. The summed E-state index contributed by atoms with van der Waals surface area (Å²) in [4.78, 5) is 2.32. The van der Waals surface area contributed by atoms with Gasteiger partial charge in [-0.3, -0.25) is 5.43 Å². The Balaban J connectivity index is 1.96. The first-order valence-electron chi connectivity index (χ1n) is 7.43. The summed E-state index contributed by atoms with van der Waals surface area (Å²) in [6.07, 6.45) is 1.84. The summed E-state index contributed by atoms with van der Waals surface area (Å²) >= 11 is 0. The SMILES string of the molecule is CCN(CC)c1ccc(/C=N/Nc2ccc(C)cc2)cc1. The molecule has 0 aliphatic heterocycles. The third-order valence-electron chi connectivity index (χ3n) is 3.48. The molecule has 0 bridgehead atoms. The van der Waals surface area contributed by atoms with Crippen molar-refractivity contribution in [2.75, 3.05) is 23.4 Å². The maximum Gasteiger partial charge on any atom is 0.0561 e. The van der Waals surface area contributed by atoms with Crippen LogP contribution in [0.5, 0.6) is 0 Å². The van der Waals surface area contributed by atoms with Gasteiger partial charge in [0.1, 0.15) is 0 Å². The Hall–Kier alpha value is -2.29. The first kappa shape index (κ1) is 15.1. The van der Waals surface area contributed by atoms with Crippen LogP contribution in [-0.2, 0) is 0 Å². The number of nitrogens with zero attached hydrogens (tertiary/aromatic N) is 2. The van der Waals surface area contributed by atoms with Gasteiger partial charge in [0.15, 0.2) is 0 Å². The minimum Gasteiger partial charge on any atom is -0.372 e. The first-order chi connectivity index (χ1) is 10.2. The Morgan fingerprint density at radius 2 is 1.57 bits per heavy atom. The second-order valence-corrected chi connectivity index (χ2v) is 5.00. The van der Waals surface area contributed by atoms with Crippen LogP contribution in [0, 0.1) is 6.92 Å². The van der Waals surface area contributed by atoms with Crippen LogP contribution >= 0.6 is 0 Å². The highest BCUT2D eigenvalue weighted by atomic mass is 15.3. The van der Waals surface area contributed by atoms with E-state index in [0.29, 0.717) is 0 Å². The normalized spacial score (nSPS) is 10.8. The predicted molar refractivity (Wildman–Crippen MR) is 92.4 cm³/mol. The third-order valence-corrected chi connectivity index (χ3v) is 3.48. The molecule has 110 valence electrons. The summed E-state index contributed by atoms with van der Waals surface area (Å²) in [5.41, 5.74) is 7.62. The van der Waals surface area contributed by atoms with Crippen molar-refractivity contribution in [2.45, 2.75) is 20.8 Å². The van der Waals surface area contributed by atoms with Crippen LogP contribution in [0.2, 0.25) is 0 Å². The Labute approximate surface area is 127 Å². The van der Waals surface area contributed by atoms with E-state index in [-0.39, 0.29) is 0 Å². The summed E-state index contributed by atoms with van der Waals surface area (Å²) < 4.78 is 0. The largest absolute Gasteiger partial charge is 0.372 e. The molecule has 0 saturated heterocycles. The predicted octanol–water partition coefficient (Wildman–Crippen LogP) is 4.29. The average molecular weight is 281 g/mol. The lowest BCUT2D eigenvalue weighted by molar-refractivity contribution is 0.866. The van der Waals surface area contributed by atoms with Crippen LogP contribution in [0.4, 0.5) is 11.4 Å². The van der Waals surface area contributed by atoms with Gasteiger partial charge in [0.05, 0.1) is 11.9 Å². The van der Waals surface area contributed by atoms with Crippen LogP contribution in [0.15, 0.2) is 53.6 Å². The molecule has 0 radical (unpaired) electrons. The highest BCUT2D eigenvalue weighted by Crippen LogP contribution is 2.14. The smallest absolute Gasteiger partial charge is 0.0561 e. The van der Waals surface area contributed by atoms with Gasteiger partial charge in [0, 0.05) is 18.8 Å². The van der Waals surface area contributed by atoms with Gasteiger partial charge in [-0.05, 0) is 50.6 Å². The van der Waals surface area contributed by atoms with Gasteiger partial charge in [-0.25, -0.2) is 0 Å². The summed E-state index contributed by atoms with van der Waals surface area (Å²) in [5, 5.41) is 4.27. The monoisotopic (exact) mass is 281 g/mol. The van der Waals surface area contributed by atoms with Crippen molar-refractivity contribution in [2.24, 2.45) is 5.10 Å². The molecular weight excluding hydrogens is 258 g/mol. The molecule has 0 aliphatic rings. The highest BCUT2D eigenvalue weighted by molar-refractivity contribution is 5.81. The molecule has 0 aliphatic carbocycles. The average Bonchev–Trinajstić information content (AvgIpc) is 2.52. The molecule has 21 heavy (non-hydrogen) atoms. The van der Waals surface area contributed by atoms with Crippen LogP contribution in [0.1, 0.15) is 25.0 Å². The lowest BCUT2D eigenvalue weighted by Crippen LogP contribution is -2.21. The Bertz CT molecular complexity index is 566. The second-order valence-electron chi connectivity index (χ2n) is 5.00. The summed E-state index contributed by atoms with van der Waals surface area (Å²) in [6.45, 7) is 8.47. The maximum atomic E-state index is 4.27. The third kappa shape index (κ3) is 4.35. The fourth-order valence-electron chi connectivity index (χ4n) is 2.17. The number of hydrogen-bond acceptors (Lipinski definition) is 3. The number of rotatable bonds is 6. The van der Waals surface area contributed by atoms with Gasteiger partial charge < -0.3 is 4.90 Å². The van der Waals surface area contributed by atoms with Crippen molar-refractivity contribution < 1.29 is 0 Å². The lowest BCUT2D eigenvalue weighted by Gasteiger charge is -2.20. The second kappa shape index (κ2) is 7.48. The van der Waals surface area contributed by atoms with Crippen LogP contribution in [0.25, 0.3) is 0 Å². The van der Waals surface area contributed by atoms with E-state index in [4.69, 9.17) is 0 Å². The van der Waals surface area contributed by atoms with Gasteiger partial charge in [0.2, 0.25) is 0 Å². The van der Waals surface area contributed by atoms with Gasteiger partial charge in [-0.15, -0.1) is 0 Å². The number of benzene rings is 2. The maximum absolute atomic E-state index is 4.27. The molecule has 0 heterocycles. The van der Waals surface area contributed by atoms with Crippen molar-refractivity contribution in [3.63, 3.8) is 0 Å². The van der Waals surface area contributed by atoms with E-state index in [2.05, 4.69) is 72.6 Å². The van der Waals surface area contributed by atoms with Gasteiger partial charge in [-0.2, -0.15) is 5.10 Å². The van der Waals surface area contributed by atoms with E-state index in [9.17, 15) is 0 Å². The molecule has 2 aromatic rings. The lowest BCUT2D eigenvalue weighted by atomic mass is 10.2. The van der Waals surface area contributed by atoms with E-state index in [1.807, 2.05) is 18.3 Å². The zero-order chi connectivity index (χ0) is 15.1. The zero-order valence-electron chi connectivity index (χ0n) is 13.0. The van der Waals surface area contributed by atoms with E-state index in [1.54, 1.807) is 0 Å². The minimum absolute atomic E-state index is 0.997. The molecule has 0 amide bonds. The number of aryl methyl sites for hydroxylation is 1. The fourth-order valence-corrected chi connectivity index (χ4v) is 2.17. The van der Waals surface area contributed by atoms with Crippen molar-refractivity contribution >= 4 is 17.6 Å². The number of nitrogens with one attached hydrogen (secondary N) is 1. The Kier molecular flexibility index (Phi) is 5.38. The standard InChI is InChI=1S/C18H23N3/c1-4-21(5-2)18-12-8-16(9-13-18)14-19-20-17-10-6-15(3)7-11-17/h6-14,20H,4-5H2,1-3H3/b19-14+. The van der Waals surface area contributed by atoms with Crippen molar-refractivity contribution in [1.82, 2.24) is 0 Å². The topological polar surface area (TPSA) is 27.6 Å². The summed E-state index contributed by atoms with van der Waals surface area (Å²) in [7, 11) is 0. The number of anilines is 2. The minimum atomic E-state index is 0.997. The molecule has 0 aromatic heterocycles. The molecule has 0 spiro atoms. The number of hydrazone groups is 1. The summed E-state index contributed by atoms with van der Waals surface area (Å²) in [5.74, 6) is 0. The molecule has 3 heteroatoms. The highest BCUT2D eigenvalue weighted by Gasteiger charge is 2.00. The van der Waals surface area contributed by atoms with E-state index < -0.39 is 0 Å². The Morgan fingerprint density at radius 3 is 2.14 bits per heavy atom. The van der Waals surface area contributed by atoms with Crippen molar-refractivity contribution in [3.8, 4) is 0 Å². The molecule has 0 atom stereocenters. The molecule has 2 rings (SSSR count). The Morgan fingerprint density at radius 1 is 0.952 bits per heavy atom. The van der Waals surface area contributed by atoms with E-state index in [1.165, 1.54) is 11.3 Å². The molecule has 2 aromatic carbocycles. The first-order valence-corrected chi connectivity index (χ1v) is 7.43. The zero-order valence-corrected chi connectivity index (χ0v) is 13.0. The van der Waals surface area contributed by atoms with Gasteiger partial charge in [0.25, 0.3) is 0 Å². The number of hydrogen-bond donors (Lipinski definition) is 1. The van der Waals surface area contributed by atoms with Crippen LogP contribution < -0.4 is 10.3 Å². The van der Waals surface area contributed by atoms with Crippen molar-refractivity contribution in [1.29, 1.82) is 0 Å². The van der Waals surface area contributed by atoms with E-state index >= 15 is 0 Å². The van der Waals surface area contributed by atoms with Crippen molar-refractivity contribution in [3.05, 3.63) is 59.7 Å². The molecular formula is C18H23N3. The van der Waals surface area contributed by atoms with Gasteiger partial charge in [-0.1, -0.05) is 29.8 Å². The fraction of sp³-hybridized carbons (Fsp3) is 0.278. The van der Waals surface area contributed by atoms with Gasteiger partial charge >= 0.3 is 0 Å². The molecule has 1 N–H and O–H groups in total.